The van der Waals surface area contributed by atoms with Gasteiger partial charge in [0, 0.05) is 12.2 Å². The first kappa shape index (κ1) is 14.2. The number of carbonyl (C=O) groups excluding carboxylic acids is 2. The number of aryl methyl sites for hydroxylation is 2. The van der Waals surface area contributed by atoms with Crippen LogP contribution in [0.25, 0.3) is 0 Å². The molecule has 1 aromatic rings. The van der Waals surface area contributed by atoms with Gasteiger partial charge in [-0.1, -0.05) is 13.3 Å². The van der Waals surface area contributed by atoms with Crippen molar-refractivity contribution >= 4 is 11.8 Å². The van der Waals surface area contributed by atoms with Crippen molar-refractivity contribution in [2.45, 2.75) is 33.6 Å². The van der Waals surface area contributed by atoms with Crippen molar-refractivity contribution in [1.29, 1.82) is 0 Å². The fourth-order valence-electron chi connectivity index (χ4n) is 1.81. The summed E-state index contributed by atoms with van der Waals surface area (Å²) in [6.07, 6.45) is 1.79. The molecule has 18 heavy (non-hydrogen) atoms. The number of H-pyrrole nitrogens is 1. The van der Waals surface area contributed by atoms with Gasteiger partial charge in [0.15, 0.2) is 0 Å². The van der Waals surface area contributed by atoms with E-state index in [4.69, 9.17) is 5.73 Å². The zero-order valence-corrected chi connectivity index (χ0v) is 11.1. The van der Waals surface area contributed by atoms with Gasteiger partial charge in [-0.05, 0) is 20.3 Å². The highest BCUT2D eigenvalue weighted by atomic mass is 16.2. The van der Waals surface area contributed by atoms with Crippen LogP contribution in [0.5, 0.6) is 0 Å². The Bertz CT molecular complexity index is 420. The van der Waals surface area contributed by atoms with E-state index in [2.05, 4.69) is 10.2 Å². The summed E-state index contributed by atoms with van der Waals surface area (Å²) in [5.41, 5.74) is 7.06. The molecule has 0 aliphatic rings. The summed E-state index contributed by atoms with van der Waals surface area (Å²) in [6, 6.07) is 0. The minimum absolute atomic E-state index is 0.0527. The molecular formula is C12H20N4O2. The molecule has 1 heterocycles. The Kier molecular flexibility index (Phi) is 4.88. The second kappa shape index (κ2) is 6.18. The number of hydrogen-bond donors (Lipinski definition) is 2. The van der Waals surface area contributed by atoms with E-state index in [0.717, 1.165) is 12.8 Å². The average molecular weight is 252 g/mol. The van der Waals surface area contributed by atoms with Crippen molar-refractivity contribution in [1.82, 2.24) is 15.1 Å². The molecule has 0 aliphatic heterocycles. The molecule has 0 aromatic carbocycles. The summed E-state index contributed by atoms with van der Waals surface area (Å²) in [5.74, 6) is -0.691. The summed E-state index contributed by atoms with van der Waals surface area (Å²) in [7, 11) is 0. The van der Waals surface area contributed by atoms with Crippen LogP contribution in [0.1, 0.15) is 41.5 Å². The first-order valence-corrected chi connectivity index (χ1v) is 6.06. The molecule has 0 unspecified atom stereocenters. The van der Waals surface area contributed by atoms with Gasteiger partial charge in [0.2, 0.25) is 5.91 Å². The van der Waals surface area contributed by atoms with Gasteiger partial charge in [-0.2, -0.15) is 5.10 Å². The van der Waals surface area contributed by atoms with E-state index < -0.39 is 5.91 Å². The van der Waals surface area contributed by atoms with Gasteiger partial charge < -0.3 is 10.6 Å². The summed E-state index contributed by atoms with van der Waals surface area (Å²) in [4.78, 5) is 24.9. The van der Waals surface area contributed by atoms with Gasteiger partial charge in [0.1, 0.15) is 0 Å². The van der Waals surface area contributed by atoms with Crippen molar-refractivity contribution in [2.75, 3.05) is 13.1 Å². The normalized spacial score (nSPS) is 10.4. The van der Waals surface area contributed by atoms with Crippen LogP contribution in [0, 0.1) is 13.8 Å². The van der Waals surface area contributed by atoms with Crippen LogP contribution in [0.2, 0.25) is 0 Å². The van der Waals surface area contributed by atoms with E-state index >= 15 is 0 Å². The van der Waals surface area contributed by atoms with Gasteiger partial charge in [-0.3, -0.25) is 14.7 Å². The van der Waals surface area contributed by atoms with Gasteiger partial charge in [0.05, 0.1) is 17.8 Å². The number of hydrogen-bond acceptors (Lipinski definition) is 3. The predicted octanol–water partition coefficient (Wildman–Crippen LogP) is 0.754. The number of aromatic nitrogens is 2. The highest BCUT2D eigenvalue weighted by molar-refractivity contribution is 5.98. The van der Waals surface area contributed by atoms with E-state index in [1.807, 2.05) is 6.92 Å². The van der Waals surface area contributed by atoms with Crippen LogP contribution in [0.4, 0.5) is 0 Å². The van der Waals surface area contributed by atoms with Crippen LogP contribution < -0.4 is 5.73 Å². The average Bonchev–Trinajstić information content (AvgIpc) is 2.63. The smallest absolute Gasteiger partial charge is 0.258 e. The number of carbonyl (C=O) groups is 2. The molecule has 0 atom stereocenters. The summed E-state index contributed by atoms with van der Waals surface area (Å²) >= 11 is 0. The largest absolute Gasteiger partial charge is 0.368 e. The molecule has 100 valence electrons. The van der Waals surface area contributed by atoms with Crippen molar-refractivity contribution in [2.24, 2.45) is 5.73 Å². The molecule has 2 amide bonds. The molecule has 3 N–H and O–H groups in total. The minimum Gasteiger partial charge on any atom is -0.368 e. The highest BCUT2D eigenvalue weighted by Gasteiger charge is 2.22. The first-order valence-electron chi connectivity index (χ1n) is 6.06. The van der Waals surface area contributed by atoms with E-state index in [0.29, 0.717) is 23.5 Å². The zero-order valence-electron chi connectivity index (χ0n) is 11.1. The molecule has 0 radical (unpaired) electrons. The lowest BCUT2D eigenvalue weighted by atomic mass is 10.1. The van der Waals surface area contributed by atoms with E-state index in [1.54, 1.807) is 13.8 Å². The lowest BCUT2D eigenvalue weighted by Crippen LogP contribution is -2.39. The number of nitrogens with one attached hydrogen (secondary N) is 1. The molecular weight excluding hydrogens is 232 g/mol. The Morgan fingerprint density at radius 1 is 1.39 bits per heavy atom. The van der Waals surface area contributed by atoms with Crippen LogP contribution in [0.15, 0.2) is 0 Å². The number of nitrogens with two attached hydrogens (primary N) is 1. The Morgan fingerprint density at radius 2 is 2.06 bits per heavy atom. The molecule has 0 fully saturated rings. The number of amides is 2. The van der Waals surface area contributed by atoms with E-state index in [9.17, 15) is 9.59 Å². The monoisotopic (exact) mass is 252 g/mol. The maximum absolute atomic E-state index is 12.3. The van der Waals surface area contributed by atoms with Crippen LogP contribution in [-0.2, 0) is 4.79 Å². The fourth-order valence-corrected chi connectivity index (χ4v) is 1.81. The Balaban J connectivity index is 2.91. The highest BCUT2D eigenvalue weighted by Crippen LogP contribution is 2.13. The Hall–Kier alpha value is -1.85. The molecule has 0 saturated carbocycles. The standard InChI is InChI=1S/C12H20N4O2/c1-4-5-6-16(7-10(13)17)12(18)11-8(2)14-15-9(11)3/h4-7H2,1-3H3,(H2,13,17)(H,14,15). The van der Waals surface area contributed by atoms with Gasteiger partial charge >= 0.3 is 0 Å². The van der Waals surface area contributed by atoms with Crippen LogP contribution in [0.3, 0.4) is 0 Å². The summed E-state index contributed by atoms with van der Waals surface area (Å²) in [6.45, 7) is 6.06. The van der Waals surface area contributed by atoms with Crippen molar-refractivity contribution < 1.29 is 9.59 Å². The van der Waals surface area contributed by atoms with Crippen LogP contribution >= 0.6 is 0 Å². The molecule has 6 nitrogen and oxygen atoms in total. The quantitative estimate of drug-likeness (QED) is 0.782. The zero-order chi connectivity index (χ0) is 13.7. The first-order chi connectivity index (χ1) is 8.47. The molecule has 1 rings (SSSR count). The van der Waals surface area contributed by atoms with Gasteiger partial charge in [-0.25, -0.2) is 0 Å². The Labute approximate surface area is 107 Å². The number of primary amides is 1. The van der Waals surface area contributed by atoms with Crippen molar-refractivity contribution in [3.8, 4) is 0 Å². The SMILES string of the molecule is CCCCN(CC(N)=O)C(=O)c1c(C)n[nH]c1C. The van der Waals surface area contributed by atoms with Gasteiger partial charge in [0.25, 0.3) is 5.91 Å². The third-order valence-corrected chi connectivity index (χ3v) is 2.76. The second-order valence-electron chi connectivity index (χ2n) is 4.36. The number of rotatable bonds is 6. The predicted molar refractivity (Wildman–Crippen MR) is 68.1 cm³/mol. The molecule has 0 spiro atoms. The maximum atomic E-state index is 12.3. The number of nitrogens with zero attached hydrogens (tertiary/aromatic N) is 2. The molecule has 6 heteroatoms. The van der Waals surface area contributed by atoms with Crippen molar-refractivity contribution in [3.05, 3.63) is 17.0 Å². The topological polar surface area (TPSA) is 92.1 Å². The van der Waals surface area contributed by atoms with Crippen LogP contribution in [-0.4, -0.2) is 40.0 Å². The number of aromatic amines is 1. The molecule has 0 bridgehead atoms. The minimum atomic E-state index is -0.502. The molecule has 1 aromatic heterocycles. The summed E-state index contributed by atoms with van der Waals surface area (Å²) < 4.78 is 0. The van der Waals surface area contributed by atoms with Gasteiger partial charge in [-0.15, -0.1) is 0 Å². The maximum Gasteiger partial charge on any atom is 0.258 e. The Morgan fingerprint density at radius 3 is 2.50 bits per heavy atom. The third kappa shape index (κ3) is 3.32. The molecule has 0 aliphatic carbocycles. The lowest BCUT2D eigenvalue weighted by Gasteiger charge is -2.21. The number of unbranched alkanes of at least 4 members (excludes halogenated alkanes) is 1. The lowest BCUT2D eigenvalue weighted by molar-refractivity contribution is -0.118. The van der Waals surface area contributed by atoms with Crippen molar-refractivity contribution in [3.63, 3.8) is 0 Å². The summed E-state index contributed by atoms with van der Waals surface area (Å²) in [5, 5.41) is 6.76. The molecule has 0 saturated heterocycles. The van der Waals surface area contributed by atoms with E-state index in [-0.39, 0.29) is 12.5 Å². The second-order valence-corrected chi connectivity index (χ2v) is 4.36. The fraction of sp³-hybridized carbons (Fsp3) is 0.583. The van der Waals surface area contributed by atoms with E-state index in [1.165, 1.54) is 4.90 Å². The third-order valence-electron chi connectivity index (χ3n) is 2.76.